The number of benzene rings is 1. The van der Waals surface area contributed by atoms with E-state index in [0.717, 1.165) is 27.8 Å². The van der Waals surface area contributed by atoms with Gasteiger partial charge in [-0.1, -0.05) is 46.3 Å². The van der Waals surface area contributed by atoms with Crippen molar-refractivity contribution in [2.24, 2.45) is 0 Å². The molecule has 1 saturated heterocycles. The maximum Gasteiger partial charge on any atom is 0.410 e. The van der Waals surface area contributed by atoms with Gasteiger partial charge in [-0.05, 0) is 24.1 Å². The number of carbonyl (C=O) groups is 1. The molecule has 0 bridgehead atoms. The minimum atomic E-state index is -0.252. The van der Waals surface area contributed by atoms with Gasteiger partial charge in [-0.15, -0.1) is 0 Å². The Hall–Kier alpha value is -2.34. The van der Waals surface area contributed by atoms with Gasteiger partial charge in [0, 0.05) is 35.9 Å². The summed E-state index contributed by atoms with van der Waals surface area (Å²) in [5.74, 6) is 0.253. The summed E-state index contributed by atoms with van der Waals surface area (Å²) >= 11 is 3.47. The van der Waals surface area contributed by atoms with E-state index in [4.69, 9.17) is 9.72 Å². The quantitative estimate of drug-likeness (QED) is 0.662. The fraction of sp³-hybridized carbons (Fsp3) is 0.263. The molecule has 0 N–H and O–H groups in total. The number of likely N-dealkylation sites (tertiary alicyclic amines) is 1. The molecule has 0 radical (unpaired) electrons. The van der Waals surface area contributed by atoms with Crippen LogP contribution >= 0.6 is 15.9 Å². The second-order valence-electron chi connectivity index (χ2n) is 6.25. The molecule has 1 aliphatic rings. The average molecular weight is 400 g/mol. The third-order valence-corrected chi connectivity index (χ3v) is 5.00. The monoisotopic (exact) mass is 399 g/mol. The molecule has 0 aliphatic carbocycles. The van der Waals surface area contributed by atoms with E-state index in [1.165, 1.54) is 0 Å². The number of pyridine rings is 1. The predicted molar refractivity (Wildman–Crippen MR) is 98.5 cm³/mol. The van der Waals surface area contributed by atoms with Crippen LogP contribution in [0.4, 0.5) is 4.79 Å². The van der Waals surface area contributed by atoms with Gasteiger partial charge in [-0.2, -0.15) is 0 Å². The summed E-state index contributed by atoms with van der Waals surface area (Å²) in [5.41, 5.74) is 2.93. The molecule has 3 aromatic rings. The van der Waals surface area contributed by atoms with Gasteiger partial charge in [-0.25, -0.2) is 9.78 Å². The van der Waals surface area contributed by atoms with Crippen LogP contribution in [0, 0.1) is 0 Å². The Kier molecular flexibility index (Phi) is 4.44. The number of ether oxygens (including phenoxy) is 1. The first-order valence-electron chi connectivity index (χ1n) is 8.29. The zero-order chi connectivity index (χ0) is 17.2. The zero-order valence-corrected chi connectivity index (χ0v) is 15.2. The SMILES string of the molecule is O=C(OCc1ccccc1)N1CCC(c2cn3ccc(Br)cc3n2)C1. The van der Waals surface area contributed by atoms with Crippen LogP contribution < -0.4 is 0 Å². The van der Waals surface area contributed by atoms with Gasteiger partial charge in [0.2, 0.25) is 0 Å². The van der Waals surface area contributed by atoms with Crippen LogP contribution in [0.1, 0.15) is 23.6 Å². The molecule has 25 heavy (non-hydrogen) atoms. The van der Waals surface area contributed by atoms with Crippen molar-refractivity contribution < 1.29 is 9.53 Å². The van der Waals surface area contributed by atoms with E-state index in [2.05, 4.69) is 15.9 Å². The lowest BCUT2D eigenvalue weighted by molar-refractivity contribution is 0.104. The number of hydrogen-bond donors (Lipinski definition) is 0. The second-order valence-corrected chi connectivity index (χ2v) is 7.16. The van der Waals surface area contributed by atoms with E-state index in [1.54, 1.807) is 4.90 Å². The predicted octanol–water partition coefficient (Wildman–Crippen LogP) is 4.22. The van der Waals surface area contributed by atoms with Crippen molar-refractivity contribution in [3.63, 3.8) is 0 Å². The van der Waals surface area contributed by atoms with Gasteiger partial charge in [-0.3, -0.25) is 0 Å². The molecule has 6 heteroatoms. The minimum absolute atomic E-state index is 0.252. The van der Waals surface area contributed by atoms with Crippen LogP contribution in [-0.4, -0.2) is 33.5 Å². The largest absolute Gasteiger partial charge is 0.445 e. The van der Waals surface area contributed by atoms with Gasteiger partial charge in [0.05, 0.1) is 5.69 Å². The molecule has 1 unspecified atom stereocenters. The Morgan fingerprint density at radius 2 is 2.12 bits per heavy atom. The van der Waals surface area contributed by atoms with E-state index in [1.807, 2.05) is 59.3 Å². The Morgan fingerprint density at radius 1 is 1.28 bits per heavy atom. The van der Waals surface area contributed by atoms with Crippen molar-refractivity contribution in [2.75, 3.05) is 13.1 Å². The number of rotatable bonds is 3. The molecular formula is C19H18BrN3O2. The molecule has 1 amide bonds. The van der Waals surface area contributed by atoms with Crippen molar-refractivity contribution in [1.82, 2.24) is 14.3 Å². The maximum absolute atomic E-state index is 12.3. The fourth-order valence-corrected chi connectivity index (χ4v) is 3.47. The van der Waals surface area contributed by atoms with Crippen LogP contribution in [0.15, 0.2) is 59.3 Å². The van der Waals surface area contributed by atoms with Crippen molar-refractivity contribution >= 4 is 27.7 Å². The third kappa shape index (κ3) is 3.54. The topological polar surface area (TPSA) is 46.8 Å². The molecule has 0 saturated carbocycles. The van der Waals surface area contributed by atoms with Crippen LogP contribution in [0.5, 0.6) is 0 Å². The van der Waals surface area contributed by atoms with E-state index < -0.39 is 0 Å². The number of carbonyl (C=O) groups excluding carboxylic acids is 1. The highest BCUT2D eigenvalue weighted by Crippen LogP contribution is 2.27. The Morgan fingerprint density at radius 3 is 2.96 bits per heavy atom. The Balaban J connectivity index is 1.39. The molecule has 2 aromatic heterocycles. The lowest BCUT2D eigenvalue weighted by Gasteiger charge is -2.16. The van der Waals surface area contributed by atoms with Crippen LogP contribution in [0.25, 0.3) is 5.65 Å². The molecule has 1 aromatic carbocycles. The molecule has 1 atom stereocenters. The van der Waals surface area contributed by atoms with Crippen LogP contribution in [-0.2, 0) is 11.3 Å². The Bertz CT molecular complexity index is 894. The molecular weight excluding hydrogens is 382 g/mol. The number of imidazole rings is 1. The van der Waals surface area contributed by atoms with Crippen molar-refractivity contribution in [1.29, 1.82) is 0 Å². The third-order valence-electron chi connectivity index (χ3n) is 4.51. The molecule has 1 aliphatic heterocycles. The van der Waals surface area contributed by atoms with Gasteiger partial charge in [0.25, 0.3) is 0 Å². The molecule has 128 valence electrons. The van der Waals surface area contributed by atoms with E-state index in [9.17, 15) is 4.79 Å². The standard InChI is InChI=1S/C19H18BrN3O2/c20-16-7-9-22-12-17(21-18(22)10-16)15-6-8-23(11-15)19(24)25-13-14-4-2-1-3-5-14/h1-5,7,9-10,12,15H,6,8,11,13H2. The summed E-state index contributed by atoms with van der Waals surface area (Å²) in [5, 5.41) is 0. The Labute approximate surface area is 154 Å². The molecule has 3 heterocycles. The molecule has 4 rings (SSSR count). The number of amides is 1. The van der Waals surface area contributed by atoms with Crippen molar-refractivity contribution in [2.45, 2.75) is 18.9 Å². The summed E-state index contributed by atoms with van der Waals surface area (Å²) in [7, 11) is 0. The normalized spacial score (nSPS) is 17.2. The highest BCUT2D eigenvalue weighted by molar-refractivity contribution is 9.10. The first-order valence-corrected chi connectivity index (χ1v) is 9.08. The summed E-state index contributed by atoms with van der Waals surface area (Å²) in [4.78, 5) is 18.8. The van der Waals surface area contributed by atoms with Crippen LogP contribution in [0.3, 0.4) is 0 Å². The van der Waals surface area contributed by atoms with Crippen LogP contribution in [0.2, 0.25) is 0 Å². The number of aromatic nitrogens is 2. The minimum Gasteiger partial charge on any atom is -0.445 e. The first kappa shape index (κ1) is 16.1. The van der Waals surface area contributed by atoms with E-state index in [0.29, 0.717) is 19.7 Å². The maximum atomic E-state index is 12.3. The highest BCUT2D eigenvalue weighted by Gasteiger charge is 2.29. The number of nitrogens with zero attached hydrogens (tertiary/aromatic N) is 3. The first-order chi connectivity index (χ1) is 12.2. The van der Waals surface area contributed by atoms with Gasteiger partial charge >= 0.3 is 6.09 Å². The van der Waals surface area contributed by atoms with Crippen molar-refractivity contribution in [3.05, 3.63) is 70.6 Å². The number of hydrogen-bond acceptors (Lipinski definition) is 3. The average Bonchev–Trinajstić information content (AvgIpc) is 3.27. The van der Waals surface area contributed by atoms with E-state index >= 15 is 0 Å². The summed E-state index contributed by atoms with van der Waals surface area (Å²) in [6.45, 7) is 1.66. The fourth-order valence-electron chi connectivity index (χ4n) is 3.15. The lowest BCUT2D eigenvalue weighted by Crippen LogP contribution is -2.29. The molecule has 1 fully saturated rings. The smallest absolute Gasteiger partial charge is 0.410 e. The van der Waals surface area contributed by atoms with Gasteiger partial charge in [0.1, 0.15) is 12.3 Å². The zero-order valence-electron chi connectivity index (χ0n) is 13.6. The van der Waals surface area contributed by atoms with Gasteiger partial charge in [0.15, 0.2) is 0 Å². The van der Waals surface area contributed by atoms with Crippen molar-refractivity contribution in [3.8, 4) is 0 Å². The second kappa shape index (κ2) is 6.88. The summed E-state index contributed by atoms with van der Waals surface area (Å²) in [6.07, 6.45) is 4.69. The number of fused-ring (bicyclic) bond motifs is 1. The lowest BCUT2D eigenvalue weighted by atomic mass is 10.1. The molecule has 0 spiro atoms. The highest BCUT2D eigenvalue weighted by atomic mass is 79.9. The number of halogens is 1. The molecule has 5 nitrogen and oxygen atoms in total. The summed E-state index contributed by atoms with van der Waals surface area (Å²) in [6, 6.07) is 13.7. The van der Waals surface area contributed by atoms with E-state index in [-0.39, 0.29) is 12.0 Å². The van der Waals surface area contributed by atoms with Gasteiger partial charge < -0.3 is 14.0 Å². The summed E-state index contributed by atoms with van der Waals surface area (Å²) < 4.78 is 8.45.